The molecule has 0 aromatic heterocycles. The summed E-state index contributed by atoms with van der Waals surface area (Å²) in [7, 11) is 0. The summed E-state index contributed by atoms with van der Waals surface area (Å²) in [5.41, 5.74) is 7.22. The van der Waals surface area contributed by atoms with Crippen molar-refractivity contribution in [3.05, 3.63) is 28.2 Å². The Hall–Kier alpha value is -1.56. The average molecular weight is 326 g/mol. The number of nitrogens with two attached hydrogens (primary N) is 1. The van der Waals surface area contributed by atoms with E-state index < -0.39 is 0 Å². The molecule has 5 nitrogen and oxygen atoms in total. The Kier molecular flexibility index (Phi) is 4.09. The van der Waals surface area contributed by atoms with Crippen LogP contribution >= 0.6 is 15.9 Å². The van der Waals surface area contributed by atoms with E-state index >= 15 is 0 Å². The molecule has 3 amide bonds. The van der Waals surface area contributed by atoms with Gasteiger partial charge in [-0.2, -0.15) is 0 Å². The number of nitrogens with zero attached hydrogens (tertiary/aromatic N) is 1. The molecule has 0 bridgehead atoms. The third kappa shape index (κ3) is 2.89. The zero-order chi connectivity index (χ0) is 14.0. The van der Waals surface area contributed by atoms with E-state index in [2.05, 4.69) is 21.2 Å². The van der Waals surface area contributed by atoms with Gasteiger partial charge in [-0.05, 0) is 40.0 Å². The van der Waals surface area contributed by atoms with E-state index in [1.165, 1.54) is 4.90 Å². The Morgan fingerprint density at radius 1 is 1.42 bits per heavy atom. The molecular weight excluding hydrogens is 310 g/mol. The maximum Gasteiger partial charge on any atom is 0.325 e. The van der Waals surface area contributed by atoms with Gasteiger partial charge in [0.25, 0.3) is 5.91 Å². The highest BCUT2D eigenvalue weighted by Gasteiger charge is 2.37. The number of imide groups is 1. The highest BCUT2D eigenvalue weighted by molar-refractivity contribution is 9.10. The van der Waals surface area contributed by atoms with Crippen molar-refractivity contribution in [2.24, 2.45) is 0 Å². The van der Waals surface area contributed by atoms with E-state index in [4.69, 9.17) is 5.73 Å². The maximum absolute atomic E-state index is 12.1. The number of benzene rings is 1. The molecule has 2 rings (SSSR count). The van der Waals surface area contributed by atoms with Gasteiger partial charge >= 0.3 is 6.03 Å². The Morgan fingerprint density at radius 3 is 2.79 bits per heavy atom. The standard InChI is InChI=1S/C13H16BrN3O2/c1-2-3-11-12(18)17(13(19)16-11)7-8-4-5-9(14)10(15)6-8/h4-6,11H,2-3,7,15H2,1H3,(H,16,19). The molecule has 0 spiro atoms. The third-order valence-electron chi connectivity index (χ3n) is 3.09. The zero-order valence-corrected chi connectivity index (χ0v) is 12.2. The van der Waals surface area contributed by atoms with Crippen molar-refractivity contribution in [3.63, 3.8) is 0 Å². The number of nitrogens with one attached hydrogen (secondary N) is 1. The topological polar surface area (TPSA) is 75.4 Å². The SMILES string of the molecule is CCCC1NC(=O)N(Cc2ccc(Br)c(N)c2)C1=O. The number of carbonyl (C=O) groups is 2. The van der Waals surface area contributed by atoms with Crippen molar-refractivity contribution in [1.82, 2.24) is 10.2 Å². The maximum atomic E-state index is 12.1. The fraction of sp³-hybridized carbons (Fsp3) is 0.385. The van der Waals surface area contributed by atoms with Crippen LogP contribution in [0.25, 0.3) is 0 Å². The van der Waals surface area contributed by atoms with E-state index in [0.29, 0.717) is 12.1 Å². The molecule has 1 atom stereocenters. The summed E-state index contributed by atoms with van der Waals surface area (Å²) in [4.78, 5) is 25.1. The van der Waals surface area contributed by atoms with Crippen LogP contribution in [0.15, 0.2) is 22.7 Å². The van der Waals surface area contributed by atoms with Gasteiger partial charge in [-0.1, -0.05) is 19.4 Å². The Morgan fingerprint density at radius 2 is 2.16 bits per heavy atom. The van der Waals surface area contributed by atoms with Crippen molar-refractivity contribution in [2.45, 2.75) is 32.4 Å². The molecule has 1 fully saturated rings. The molecule has 19 heavy (non-hydrogen) atoms. The number of hydrogen-bond acceptors (Lipinski definition) is 3. The number of anilines is 1. The van der Waals surface area contributed by atoms with Crippen molar-refractivity contribution in [3.8, 4) is 0 Å². The zero-order valence-electron chi connectivity index (χ0n) is 10.6. The molecular formula is C13H16BrN3O2. The van der Waals surface area contributed by atoms with E-state index in [0.717, 1.165) is 16.5 Å². The molecule has 1 aromatic carbocycles. The average Bonchev–Trinajstić information content (AvgIpc) is 2.62. The van der Waals surface area contributed by atoms with Crippen molar-refractivity contribution >= 4 is 33.6 Å². The minimum Gasteiger partial charge on any atom is -0.398 e. The second kappa shape index (κ2) is 5.61. The van der Waals surface area contributed by atoms with E-state index in [1.807, 2.05) is 19.1 Å². The van der Waals surface area contributed by atoms with Gasteiger partial charge in [-0.15, -0.1) is 0 Å². The highest BCUT2D eigenvalue weighted by atomic mass is 79.9. The first-order valence-corrected chi connectivity index (χ1v) is 6.98. The summed E-state index contributed by atoms with van der Waals surface area (Å²) in [6, 6.07) is 4.70. The van der Waals surface area contributed by atoms with Gasteiger partial charge in [0.1, 0.15) is 6.04 Å². The summed E-state index contributed by atoms with van der Waals surface area (Å²) < 4.78 is 0.803. The van der Waals surface area contributed by atoms with Gasteiger partial charge in [0.15, 0.2) is 0 Å². The lowest BCUT2D eigenvalue weighted by Crippen LogP contribution is -2.30. The first kappa shape index (κ1) is 13.9. The summed E-state index contributed by atoms with van der Waals surface area (Å²) in [5, 5.41) is 2.70. The van der Waals surface area contributed by atoms with Crippen LogP contribution in [0.4, 0.5) is 10.5 Å². The van der Waals surface area contributed by atoms with Crippen LogP contribution in [0.2, 0.25) is 0 Å². The fourth-order valence-corrected chi connectivity index (χ4v) is 2.33. The Labute approximate surface area is 120 Å². The summed E-state index contributed by atoms with van der Waals surface area (Å²) in [5.74, 6) is -0.159. The number of hydrogen-bond donors (Lipinski definition) is 2. The van der Waals surface area contributed by atoms with Crippen molar-refractivity contribution in [1.29, 1.82) is 0 Å². The predicted molar refractivity (Wildman–Crippen MR) is 76.3 cm³/mol. The van der Waals surface area contributed by atoms with Gasteiger partial charge in [0, 0.05) is 10.2 Å². The monoisotopic (exact) mass is 325 g/mol. The molecule has 0 saturated carbocycles. The largest absolute Gasteiger partial charge is 0.398 e. The van der Waals surface area contributed by atoms with E-state index in [1.54, 1.807) is 6.07 Å². The van der Waals surface area contributed by atoms with Gasteiger partial charge in [0.2, 0.25) is 0 Å². The van der Waals surface area contributed by atoms with Crippen LogP contribution in [-0.4, -0.2) is 22.9 Å². The lowest BCUT2D eigenvalue weighted by Gasteiger charge is -2.13. The molecule has 102 valence electrons. The fourth-order valence-electron chi connectivity index (χ4n) is 2.09. The quantitative estimate of drug-likeness (QED) is 0.658. The number of carbonyl (C=O) groups excluding carboxylic acids is 2. The normalized spacial score (nSPS) is 18.8. The summed E-state index contributed by atoms with van der Waals surface area (Å²) in [6.45, 7) is 2.24. The number of amides is 3. The van der Waals surface area contributed by atoms with Crippen LogP contribution in [0.1, 0.15) is 25.3 Å². The Balaban J connectivity index is 2.12. The molecule has 1 aliphatic heterocycles. The minimum atomic E-state index is -0.384. The number of rotatable bonds is 4. The molecule has 1 saturated heterocycles. The van der Waals surface area contributed by atoms with Crippen LogP contribution in [0, 0.1) is 0 Å². The van der Waals surface area contributed by atoms with Gasteiger partial charge < -0.3 is 11.1 Å². The molecule has 6 heteroatoms. The lowest BCUT2D eigenvalue weighted by atomic mass is 10.1. The lowest BCUT2D eigenvalue weighted by molar-refractivity contribution is -0.128. The molecule has 1 heterocycles. The van der Waals surface area contributed by atoms with Crippen LogP contribution in [0.5, 0.6) is 0 Å². The first-order valence-electron chi connectivity index (χ1n) is 6.18. The summed E-state index contributed by atoms with van der Waals surface area (Å²) in [6.07, 6.45) is 1.53. The molecule has 1 aliphatic rings. The number of halogens is 1. The molecule has 0 aliphatic carbocycles. The van der Waals surface area contributed by atoms with Gasteiger partial charge in [0.05, 0.1) is 6.54 Å². The number of urea groups is 1. The highest BCUT2D eigenvalue weighted by Crippen LogP contribution is 2.22. The molecule has 1 aromatic rings. The van der Waals surface area contributed by atoms with Crippen molar-refractivity contribution < 1.29 is 9.59 Å². The first-order chi connectivity index (χ1) is 9.02. The van der Waals surface area contributed by atoms with Crippen LogP contribution < -0.4 is 11.1 Å². The van der Waals surface area contributed by atoms with Crippen LogP contribution in [-0.2, 0) is 11.3 Å². The van der Waals surface area contributed by atoms with E-state index in [-0.39, 0.29) is 24.5 Å². The smallest absolute Gasteiger partial charge is 0.325 e. The Bertz CT molecular complexity index is 519. The molecule has 0 radical (unpaired) electrons. The number of nitrogen functional groups attached to an aromatic ring is 1. The van der Waals surface area contributed by atoms with E-state index in [9.17, 15) is 9.59 Å². The van der Waals surface area contributed by atoms with Gasteiger partial charge in [-0.25, -0.2) is 4.79 Å². The minimum absolute atomic E-state index is 0.159. The third-order valence-corrected chi connectivity index (χ3v) is 3.81. The molecule has 1 unspecified atom stereocenters. The second-order valence-electron chi connectivity index (χ2n) is 4.57. The second-order valence-corrected chi connectivity index (χ2v) is 5.43. The van der Waals surface area contributed by atoms with Crippen LogP contribution in [0.3, 0.4) is 0 Å². The summed E-state index contributed by atoms with van der Waals surface area (Å²) >= 11 is 3.31. The van der Waals surface area contributed by atoms with Crippen molar-refractivity contribution in [2.75, 3.05) is 5.73 Å². The predicted octanol–water partition coefficient (Wildman–Crippen LogP) is 2.25. The van der Waals surface area contributed by atoms with Gasteiger partial charge in [-0.3, -0.25) is 9.69 Å². The molecule has 3 N–H and O–H groups in total.